The third-order valence-corrected chi connectivity index (χ3v) is 3.15. The molecule has 19 heavy (non-hydrogen) atoms. The minimum absolute atomic E-state index is 0.836. The molecule has 4 heteroatoms. The van der Waals surface area contributed by atoms with Gasteiger partial charge in [0.15, 0.2) is 0 Å². The summed E-state index contributed by atoms with van der Waals surface area (Å²) >= 11 is 0. The van der Waals surface area contributed by atoms with Gasteiger partial charge >= 0.3 is 0 Å². The lowest BCUT2D eigenvalue weighted by molar-refractivity contribution is 0.411. The number of benzene rings is 1. The third-order valence-electron chi connectivity index (χ3n) is 3.15. The largest absolute Gasteiger partial charge is 0.494 e. The highest BCUT2D eigenvalue weighted by atomic mass is 16.5. The zero-order chi connectivity index (χ0) is 13.8. The molecule has 1 aromatic heterocycles. The average Bonchev–Trinajstić information content (AvgIpc) is 2.77. The molecule has 0 aliphatic carbocycles. The van der Waals surface area contributed by atoms with Gasteiger partial charge in [0.2, 0.25) is 0 Å². The van der Waals surface area contributed by atoms with E-state index in [2.05, 4.69) is 36.5 Å². The van der Waals surface area contributed by atoms with Crippen molar-refractivity contribution in [3.63, 3.8) is 0 Å². The summed E-state index contributed by atoms with van der Waals surface area (Å²) in [7, 11) is 1.68. The first kappa shape index (κ1) is 13.6. The van der Waals surface area contributed by atoms with Crippen LogP contribution < -0.4 is 10.1 Å². The lowest BCUT2D eigenvalue weighted by Crippen LogP contribution is -2.11. The number of nitrogens with zero attached hydrogens (tertiary/aromatic N) is 2. The Morgan fingerprint density at radius 3 is 2.79 bits per heavy atom. The van der Waals surface area contributed by atoms with Crippen molar-refractivity contribution in [1.82, 2.24) is 15.1 Å². The average molecular weight is 259 g/mol. The number of aromatic nitrogens is 2. The van der Waals surface area contributed by atoms with Crippen molar-refractivity contribution in [3.8, 4) is 11.4 Å². The number of methoxy groups -OCH3 is 1. The molecule has 0 unspecified atom stereocenters. The Balaban J connectivity index is 2.39. The van der Waals surface area contributed by atoms with Crippen molar-refractivity contribution < 1.29 is 4.74 Å². The summed E-state index contributed by atoms with van der Waals surface area (Å²) in [5.74, 6) is 0.836. The molecule has 0 fully saturated rings. The summed E-state index contributed by atoms with van der Waals surface area (Å²) in [6, 6.07) is 6.10. The molecule has 0 atom stereocenters. The summed E-state index contributed by atoms with van der Waals surface area (Å²) in [5, 5.41) is 7.91. The smallest absolute Gasteiger partial charge is 0.144 e. The molecule has 2 aromatic rings. The zero-order valence-corrected chi connectivity index (χ0v) is 12.0. The van der Waals surface area contributed by atoms with Gasteiger partial charge in [0.05, 0.1) is 12.8 Å². The van der Waals surface area contributed by atoms with Gasteiger partial charge in [0.1, 0.15) is 11.4 Å². The van der Waals surface area contributed by atoms with E-state index in [1.807, 2.05) is 23.7 Å². The quantitative estimate of drug-likeness (QED) is 0.897. The van der Waals surface area contributed by atoms with E-state index in [0.29, 0.717) is 0 Å². The predicted octanol–water partition coefficient (Wildman–Crippen LogP) is 2.61. The van der Waals surface area contributed by atoms with Crippen LogP contribution in [-0.4, -0.2) is 23.4 Å². The van der Waals surface area contributed by atoms with Gasteiger partial charge < -0.3 is 10.1 Å². The Bertz CT molecular complexity index is 561. The van der Waals surface area contributed by atoms with Gasteiger partial charge in [0, 0.05) is 18.3 Å². The predicted molar refractivity (Wildman–Crippen MR) is 77.0 cm³/mol. The Kier molecular flexibility index (Phi) is 4.22. The number of hydrogen-bond donors (Lipinski definition) is 1. The van der Waals surface area contributed by atoms with Crippen LogP contribution in [0.5, 0.6) is 5.75 Å². The van der Waals surface area contributed by atoms with Crippen molar-refractivity contribution in [2.75, 3.05) is 13.7 Å². The maximum absolute atomic E-state index is 5.41. The fourth-order valence-corrected chi connectivity index (χ4v) is 2.03. The number of aryl methyl sites for hydroxylation is 2. The molecule has 102 valence electrons. The second-order valence-corrected chi connectivity index (χ2v) is 4.64. The molecular formula is C15H21N3O. The van der Waals surface area contributed by atoms with Gasteiger partial charge in [-0.15, -0.1) is 0 Å². The lowest BCUT2D eigenvalue weighted by Gasteiger charge is -2.09. The topological polar surface area (TPSA) is 39.1 Å². The molecule has 0 aliphatic rings. The molecule has 0 aliphatic heterocycles. The van der Waals surface area contributed by atoms with Crippen LogP contribution in [0.2, 0.25) is 0 Å². The molecule has 0 spiro atoms. The first-order valence-electron chi connectivity index (χ1n) is 6.56. The molecule has 1 N–H and O–H groups in total. The number of ether oxygens (including phenoxy) is 1. The molecule has 0 amide bonds. The van der Waals surface area contributed by atoms with E-state index in [-0.39, 0.29) is 0 Å². The second kappa shape index (κ2) is 5.89. The maximum Gasteiger partial charge on any atom is 0.144 e. The summed E-state index contributed by atoms with van der Waals surface area (Å²) in [6.45, 7) is 8.00. The Morgan fingerprint density at radius 1 is 1.32 bits per heavy atom. The second-order valence-electron chi connectivity index (χ2n) is 4.64. The van der Waals surface area contributed by atoms with Crippen LogP contribution in [0.15, 0.2) is 24.4 Å². The number of rotatable bonds is 5. The van der Waals surface area contributed by atoms with Gasteiger partial charge in [-0.05, 0) is 38.1 Å². The van der Waals surface area contributed by atoms with Crippen LogP contribution in [-0.2, 0) is 6.54 Å². The molecule has 0 bridgehead atoms. The summed E-state index contributed by atoms with van der Waals surface area (Å²) in [6.07, 6.45) is 2.06. The first-order valence-corrected chi connectivity index (χ1v) is 6.56. The summed E-state index contributed by atoms with van der Waals surface area (Å²) in [4.78, 5) is 0. The normalized spacial score (nSPS) is 10.7. The van der Waals surface area contributed by atoms with Crippen LogP contribution in [0.3, 0.4) is 0 Å². The van der Waals surface area contributed by atoms with Crippen molar-refractivity contribution in [3.05, 3.63) is 41.2 Å². The van der Waals surface area contributed by atoms with Crippen LogP contribution in [0.25, 0.3) is 5.69 Å². The highest BCUT2D eigenvalue weighted by Crippen LogP contribution is 2.24. The van der Waals surface area contributed by atoms with E-state index in [9.17, 15) is 0 Å². The summed E-state index contributed by atoms with van der Waals surface area (Å²) < 4.78 is 7.31. The minimum Gasteiger partial charge on any atom is -0.494 e. The van der Waals surface area contributed by atoms with E-state index in [4.69, 9.17) is 4.74 Å². The molecular weight excluding hydrogens is 238 g/mol. The molecule has 0 saturated heterocycles. The minimum atomic E-state index is 0.836. The van der Waals surface area contributed by atoms with Crippen molar-refractivity contribution in [2.24, 2.45) is 0 Å². The van der Waals surface area contributed by atoms with Crippen molar-refractivity contribution in [2.45, 2.75) is 27.3 Å². The zero-order valence-electron chi connectivity index (χ0n) is 12.0. The third kappa shape index (κ3) is 2.96. The highest BCUT2D eigenvalue weighted by molar-refractivity contribution is 5.48. The van der Waals surface area contributed by atoms with Gasteiger partial charge in [-0.2, -0.15) is 5.10 Å². The Labute approximate surface area is 114 Å². The monoisotopic (exact) mass is 259 g/mol. The highest BCUT2D eigenvalue weighted by Gasteiger charge is 2.10. The van der Waals surface area contributed by atoms with Crippen LogP contribution in [0.1, 0.15) is 23.7 Å². The van der Waals surface area contributed by atoms with Crippen molar-refractivity contribution in [1.29, 1.82) is 0 Å². The SMILES string of the molecule is CCNCc1cn(-c2cc(C)ccc2OC)nc1C. The molecule has 2 rings (SSSR count). The van der Waals surface area contributed by atoms with Gasteiger partial charge in [-0.3, -0.25) is 0 Å². The molecule has 1 heterocycles. The van der Waals surface area contributed by atoms with Gasteiger partial charge in [-0.25, -0.2) is 4.68 Å². The Morgan fingerprint density at radius 2 is 2.11 bits per heavy atom. The first-order chi connectivity index (χ1) is 9.15. The fraction of sp³-hybridized carbons (Fsp3) is 0.400. The van der Waals surface area contributed by atoms with E-state index in [1.54, 1.807) is 7.11 Å². The van der Waals surface area contributed by atoms with Crippen molar-refractivity contribution >= 4 is 0 Å². The maximum atomic E-state index is 5.41. The van der Waals surface area contributed by atoms with Crippen LogP contribution in [0, 0.1) is 13.8 Å². The lowest BCUT2D eigenvalue weighted by atomic mass is 10.2. The number of nitrogens with one attached hydrogen (secondary N) is 1. The molecule has 1 aromatic carbocycles. The molecule has 0 saturated carbocycles. The standard InChI is InChI=1S/C15H21N3O/c1-5-16-9-13-10-18(17-12(13)3)14-8-11(2)6-7-15(14)19-4/h6-8,10,16H,5,9H2,1-4H3. The van der Waals surface area contributed by atoms with E-state index in [0.717, 1.165) is 30.2 Å². The Hall–Kier alpha value is -1.81. The van der Waals surface area contributed by atoms with Crippen LogP contribution in [0.4, 0.5) is 0 Å². The van der Waals surface area contributed by atoms with Crippen LogP contribution >= 0.6 is 0 Å². The number of hydrogen-bond acceptors (Lipinski definition) is 3. The summed E-state index contributed by atoms with van der Waals surface area (Å²) in [5.41, 5.74) is 4.43. The molecule has 0 radical (unpaired) electrons. The van der Waals surface area contributed by atoms with E-state index in [1.165, 1.54) is 11.1 Å². The van der Waals surface area contributed by atoms with E-state index < -0.39 is 0 Å². The van der Waals surface area contributed by atoms with Gasteiger partial charge in [0.25, 0.3) is 0 Å². The van der Waals surface area contributed by atoms with Gasteiger partial charge in [-0.1, -0.05) is 13.0 Å². The van der Waals surface area contributed by atoms with E-state index >= 15 is 0 Å². The fourth-order valence-electron chi connectivity index (χ4n) is 2.03. The molecule has 4 nitrogen and oxygen atoms in total.